The Morgan fingerprint density at radius 1 is 1.10 bits per heavy atom. The van der Waals surface area contributed by atoms with Gasteiger partial charge in [0.15, 0.2) is 9.84 Å². The van der Waals surface area contributed by atoms with E-state index in [4.69, 9.17) is 4.74 Å². The van der Waals surface area contributed by atoms with Gasteiger partial charge < -0.3 is 4.74 Å². The first-order chi connectivity index (χ1) is 9.82. The van der Waals surface area contributed by atoms with E-state index in [2.05, 4.69) is 0 Å². The van der Waals surface area contributed by atoms with Crippen LogP contribution in [0.25, 0.3) is 11.1 Å². The molecule has 0 saturated carbocycles. The van der Waals surface area contributed by atoms with Crippen molar-refractivity contribution in [2.75, 3.05) is 13.4 Å². The highest BCUT2D eigenvalue weighted by Gasteiger charge is 2.13. The number of methoxy groups -OCH3 is 1. The predicted octanol–water partition coefficient (Wildman–Crippen LogP) is 2.67. The summed E-state index contributed by atoms with van der Waals surface area (Å²) in [5.74, 6) is 0.358. The van der Waals surface area contributed by atoms with Crippen molar-refractivity contribution in [3.8, 4) is 16.9 Å². The van der Waals surface area contributed by atoms with Gasteiger partial charge in [0.25, 0.3) is 5.69 Å². The highest BCUT2D eigenvalue weighted by molar-refractivity contribution is 7.90. The average Bonchev–Trinajstić information content (AvgIpc) is 2.45. The van der Waals surface area contributed by atoms with Gasteiger partial charge in [-0.15, -0.1) is 0 Å². The standard InChI is InChI=1S/C14H13NO5S/c1-20-14-9-11(15(16)17)5-8-13(14)10-3-6-12(7-4-10)21(2,18)19/h3-9H,1-2H3. The van der Waals surface area contributed by atoms with E-state index in [1.54, 1.807) is 18.2 Å². The van der Waals surface area contributed by atoms with Crippen molar-refractivity contribution in [1.82, 2.24) is 0 Å². The summed E-state index contributed by atoms with van der Waals surface area (Å²) < 4.78 is 28.0. The molecule has 2 rings (SSSR count). The second-order valence-corrected chi connectivity index (χ2v) is 6.45. The topological polar surface area (TPSA) is 86.5 Å². The molecule has 0 saturated heterocycles. The van der Waals surface area contributed by atoms with E-state index in [1.807, 2.05) is 0 Å². The van der Waals surface area contributed by atoms with E-state index in [0.717, 1.165) is 6.26 Å². The van der Waals surface area contributed by atoms with E-state index in [1.165, 1.54) is 31.4 Å². The van der Waals surface area contributed by atoms with Crippen LogP contribution in [0, 0.1) is 10.1 Å². The molecule has 21 heavy (non-hydrogen) atoms. The highest BCUT2D eigenvalue weighted by atomic mass is 32.2. The maximum absolute atomic E-state index is 11.4. The van der Waals surface area contributed by atoms with Crippen molar-refractivity contribution in [1.29, 1.82) is 0 Å². The summed E-state index contributed by atoms with van der Waals surface area (Å²) in [6, 6.07) is 10.5. The summed E-state index contributed by atoms with van der Waals surface area (Å²) in [7, 11) is -1.83. The van der Waals surface area contributed by atoms with E-state index in [-0.39, 0.29) is 10.6 Å². The molecule has 0 unspecified atom stereocenters. The molecule has 7 heteroatoms. The number of hydrogen-bond acceptors (Lipinski definition) is 5. The van der Waals surface area contributed by atoms with E-state index in [0.29, 0.717) is 16.9 Å². The van der Waals surface area contributed by atoms with Crippen LogP contribution in [0.4, 0.5) is 5.69 Å². The highest BCUT2D eigenvalue weighted by Crippen LogP contribution is 2.33. The van der Waals surface area contributed by atoms with Gasteiger partial charge in [-0.1, -0.05) is 12.1 Å². The zero-order valence-corrected chi connectivity index (χ0v) is 12.3. The molecular formula is C14H13NO5S. The van der Waals surface area contributed by atoms with Crippen molar-refractivity contribution in [3.63, 3.8) is 0 Å². The molecule has 0 atom stereocenters. The van der Waals surface area contributed by atoms with E-state index < -0.39 is 14.8 Å². The van der Waals surface area contributed by atoms with Crippen LogP contribution in [0.15, 0.2) is 47.4 Å². The molecule has 0 fully saturated rings. The minimum atomic E-state index is -3.26. The van der Waals surface area contributed by atoms with Crippen LogP contribution in [-0.4, -0.2) is 26.7 Å². The monoisotopic (exact) mass is 307 g/mol. The van der Waals surface area contributed by atoms with Crippen LogP contribution in [0.3, 0.4) is 0 Å². The smallest absolute Gasteiger partial charge is 0.273 e. The maximum atomic E-state index is 11.4. The molecule has 0 spiro atoms. The average molecular weight is 307 g/mol. The number of nitro groups is 1. The Bertz CT molecular complexity index is 782. The lowest BCUT2D eigenvalue weighted by atomic mass is 10.0. The Balaban J connectivity index is 2.49. The fourth-order valence-corrected chi connectivity index (χ4v) is 2.54. The number of hydrogen-bond donors (Lipinski definition) is 0. The lowest BCUT2D eigenvalue weighted by molar-refractivity contribution is -0.384. The van der Waals surface area contributed by atoms with Gasteiger partial charge in [-0.25, -0.2) is 8.42 Å². The van der Waals surface area contributed by atoms with E-state index >= 15 is 0 Å². The minimum absolute atomic E-state index is 0.0663. The largest absolute Gasteiger partial charge is 0.496 e. The summed E-state index contributed by atoms with van der Waals surface area (Å²) in [6.45, 7) is 0. The number of benzene rings is 2. The first-order valence-corrected chi connectivity index (χ1v) is 7.85. The van der Waals surface area contributed by atoms with Crippen LogP contribution in [0.5, 0.6) is 5.75 Å². The van der Waals surface area contributed by atoms with Crippen LogP contribution < -0.4 is 4.74 Å². The Labute approximate surface area is 122 Å². The molecule has 0 radical (unpaired) electrons. The molecular weight excluding hydrogens is 294 g/mol. The van der Waals surface area contributed by atoms with Crippen molar-refractivity contribution in [2.24, 2.45) is 0 Å². The van der Waals surface area contributed by atoms with Gasteiger partial charge in [0.05, 0.1) is 23.0 Å². The summed E-state index contributed by atoms with van der Waals surface area (Å²) in [6.07, 6.45) is 1.13. The second kappa shape index (κ2) is 5.53. The molecule has 0 aliphatic rings. The third-order valence-corrected chi connectivity index (χ3v) is 4.12. The zero-order valence-electron chi connectivity index (χ0n) is 11.4. The summed E-state index contributed by atoms with van der Waals surface area (Å²) >= 11 is 0. The fourth-order valence-electron chi connectivity index (χ4n) is 1.91. The van der Waals surface area contributed by atoms with Crippen molar-refractivity contribution in [3.05, 3.63) is 52.6 Å². The normalized spacial score (nSPS) is 11.1. The first-order valence-electron chi connectivity index (χ1n) is 5.96. The summed E-state index contributed by atoms with van der Waals surface area (Å²) in [5, 5.41) is 10.8. The van der Waals surface area contributed by atoms with Gasteiger partial charge >= 0.3 is 0 Å². The lowest BCUT2D eigenvalue weighted by Gasteiger charge is -2.09. The number of nitrogens with zero attached hydrogens (tertiary/aromatic N) is 1. The van der Waals surface area contributed by atoms with Crippen LogP contribution in [0.2, 0.25) is 0 Å². The third-order valence-electron chi connectivity index (χ3n) is 2.99. The molecule has 2 aromatic carbocycles. The number of nitro benzene ring substituents is 1. The van der Waals surface area contributed by atoms with Gasteiger partial charge in [0.2, 0.25) is 0 Å². The molecule has 0 aliphatic heterocycles. The molecule has 0 aromatic heterocycles. The zero-order chi connectivity index (χ0) is 15.6. The summed E-state index contributed by atoms with van der Waals surface area (Å²) in [4.78, 5) is 10.5. The van der Waals surface area contributed by atoms with Gasteiger partial charge in [0.1, 0.15) is 5.75 Å². The van der Waals surface area contributed by atoms with Crippen molar-refractivity contribution < 1.29 is 18.1 Å². The molecule has 2 aromatic rings. The Kier molecular flexibility index (Phi) is 3.95. The first kappa shape index (κ1) is 15.0. The van der Waals surface area contributed by atoms with Gasteiger partial charge in [-0.05, 0) is 23.8 Å². The molecule has 0 N–H and O–H groups in total. The Morgan fingerprint density at radius 2 is 1.71 bits per heavy atom. The molecule has 0 amide bonds. The summed E-state index contributed by atoms with van der Waals surface area (Å²) in [5.41, 5.74) is 1.31. The molecule has 0 heterocycles. The second-order valence-electron chi connectivity index (χ2n) is 4.44. The number of sulfone groups is 1. The van der Waals surface area contributed by atoms with Gasteiger partial charge in [-0.3, -0.25) is 10.1 Å². The fraction of sp³-hybridized carbons (Fsp3) is 0.143. The van der Waals surface area contributed by atoms with Crippen LogP contribution in [0.1, 0.15) is 0 Å². The van der Waals surface area contributed by atoms with Crippen LogP contribution in [-0.2, 0) is 9.84 Å². The minimum Gasteiger partial charge on any atom is -0.496 e. The number of non-ortho nitro benzene ring substituents is 1. The molecule has 0 aliphatic carbocycles. The number of rotatable bonds is 4. The molecule has 6 nitrogen and oxygen atoms in total. The van der Waals surface area contributed by atoms with Gasteiger partial charge in [0, 0.05) is 17.9 Å². The quantitative estimate of drug-likeness (QED) is 0.640. The van der Waals surface area contributed by atoms with Crippen LogP contribution >= 0.6 is 0 Å². The molecule has 110 valence electrons. The predicted molar refractivity (Wildman–Crippen MR) is 78.2 cm³/mol. The Morgan fingerprint density at radius 3 is 2.19 bits per heavy atom. The van der Waals surface area contributed by atoms with Crippen molar-refractivity contribution in [2.45, 2.75) is 4.90 Å². The number of ether oxygens (including phenoxy) is 1. The third kappa shape index (κ3) is 3.19. The van der Waals surface area contributed by atoms with E-state index in [9.17, 15) is 18.5 Å². The SMILES string of the molecule is COc1cc([N+](=O)[O-])ccc1-c1ccc(S(C)(=O)=O)cc1. The lowest BCUT2D eigenvalue weighted by Crippen LogP contribution is -1.97. The van der Waals surface area contributed by atoms with Gasteiger partial charge in [-0.2, -0.15) is 0 Å². The Hall–Kier alpha value is -2.41. The molecule has 0 bridgehead atoms. The maximum Gasteiger partial charge on any atom is 0.273 e. The van der Waals surface area contributed by atoms with Crippen molar-refractivity contribution >= 4 is 15.5 Å².